The predicted octanol–water partition coefficient (Wildman–Crippen LogP) is 0.826. The van der Waals surface area contributed by atoms with Crippen molar-refractivity contribution in [3.05, 3.63) is 29.6 Å². The molecule has 0 spiro atoms. The second-order valence-electron chi connectivity index (χ2n) is 2.64. The molecule has 13 heavy (non-hydrogen) atoms. The quantitative estimate of drug-likeness (QED) is 0.733. The van der Waals surface area contributed by atoms with E-state index in [1.807, 2.05) is 0 Å². The van der Waals surface area contributed by atoms with Gasteiger partial charge < -0.3 is 15.6 Å². The fourth-order valence-electron chi connectivity index (χ4n) is 1.09. The van der Waals surface area contributed by atoms with E-state index in [2.05, 4.69) is 0 Å². The molecule has 0 aliphatic rings. The summed E-state index contributed by atoms with van der Waals surface area (Å²) >= 11 is 0. The lowest BCUT2D eigenvalue weighted by atomic mass is 10.1. The molecule has 4 heteroatoms. The van der Waals surface area contributed by atoms with Crippen molar-refractivity contribution in [3.8, 4) is 5.75 Å². The van der Waals surface area contributed by atoms with Gasteiger partial charge in [0.1, 0.15) is 11.6 Å². The topological polar surface area (TPSA) is 55.5 Å². The van der Waals surface area contributed by atoms with Crippen LogP contribution < -0.4 is 10.5 Å². The van der Waals surface area contributed by atoms with Crippen LogP contribution in [0.25, 0.3) is 0 Å². The average molecular weight is 185 g/mol. The molecule has 0 amide bonds. The average Bonchev–Trinajstić information content (AvgIpc) is 2.16. The highest BCUT2D eigenvalue weighted by molar-refractivity contribution is 5.35. The van der Waals surface area contributed by atoms with Gasteiger partial charge in [-0.1, -0.05) is 0 Å². The number of nitrogens with two attached hydrogens (primary N) is 1. The lowest BCUT2D eigenvalue weighted by molar-refractivity contribution is 0.181. The molecule has 0 saturated carbocycles. The summed E-state index contributed by atoms with van der Waals surface area (Å²) in [5, 5.41) is 9.39. The number of ether oxygens (including phenoxy) is 1. The van der Waals surface area contributed by atoms with Gasteiger partial charge in [-0.25, -0.2) is 4.39 Å². The van der Waals surface area contributed by atoms with Crippen LogP contribution in [0, 0.1) is 5.82 Å². The molecule has 1 atom stereocenters. The van der Waals surface area contributed by atoms with E-state index >= 15 is 0 Å². The van der Waals surface area contributed by atoms with Crippen LogP contribution in [0.4, 0.5) is 4.39 Å². The summed E-state index contributed by atoms with van der Waals surface area (Å²) in [7, 11) is 1.46. The van der Waals surface area contributed by atoms with Gasteiger partial charge in [-0.3, -0.25) is 0 Å². The molecule has 0 bridgehead atoms. The highest BCUT2D eigenvalue weighted by Crippen LogP contribution is 2.25. The minimum Gasteiger partial charge on any atom is -0.496 e. The van der Waals surface area contributed by atoms with E-state index < -0.39 is 11.9 Å². The minimum atomic E-state index is -0.884. The van der Waals surface area contributed by atoms with Crippen LogP contribution in [0.1, 0.15) is 11.7 Å². The molecule has 0 heterocycles. The van der Waals surface area contributed by atoms with Gasteiger partial charge in [0.25, 0.3) is 0 Å². The number of aliphatic hydroxyl groups is 1. The lowest BCUT2D eigenvalue weighted by Gasteiger charge is -2.12. The van der Waals surface area contributed by atoms with Crippen LogP contribution in [-0.4, -0.2) is 18.8 Å². The first-order chi connectivity index (χ1) is 6.19. The van der Waals surface area contributed by atoms with Crippen molar-refractivity contribution < 1.29 is 14.2 Å². The van der Waals surface area contributed by atoms with Gasteiger partial charge in [0.15, 0.2) is 0 Å². The maximum absolute atomic E-state index is 12.8. The lowest BCUT2D eigenvalue weighted by Crippen LogP contribution is -2.12. The number of methoxy groups -OCH3 is 1. The third kappa shape index (κ3) is 2.17. The number of aliphatic hydroxyl groups excluding tert-OH is 1. The van der Waals surface area contributed by atoms with E-state index in [1.54, 1.807) is 0 Å². The standard InChI is InChI=1S/C9H12FNO2/c1-13-9-3-2-6(10)4-7(9)8(12)5-11/h2-4,8,12H,5,11H2,1H3/t8-/m1/s1. The van der Waals surface area contributed by atoms with Crippen LogP contribution in [-0.2, 0) is 0 Å². The Morgan fingerprint density at radius 2 is 2.31 bits per heavy atom. The second-order valence-corrected chi connectivity index (χ2v) is 2.64. The summed E-state index contributed by atoms with van der Waals surface area (Å²) in [6.07, 6.45) is -0.884. The van der Waals surface area contributed by atoms with E-state index in [0.29, 0.717) is 11.3 Å². The maximum Gasteiger partial charge on any atom is 0.124 e. The van der Waals surface area contributed by atoms with Gasteiger partial charge in [-0.2, -0.15) is 0 Å². The number of hydrogen-bond acceptors (Lipinski definition) is 3. The molecule has 3 nitrogen and oxygen atoms in total. The molecular formula is C9H12FNO2. The van der Waals surface area contributed by atoms with Gasteiger partial charge in [0.05, 0.1) is 13.2 Å². The molecule has 0 fully saturated rings. The molecule has 1 aromatic carbocycles. The van der Waals surface area contributed by atoms with E-state index in [0.717, 1.165) is 0 Å². The van der Waals surface area contributed by atoms with Crippen molar-refractivity contribution in [2.24, 2.45) is 5.73 Å². The zero-order valence-electron chi connectivity index (χ0n) is 7.33. The largest absolute Gasteiger partial charge is 0.496 e. The van der Waals surface area contributed by atoms with E-state index in [4.69, 9.17) is 10.5 Å². The van der Waals surface area contributed by atoms with Crippen LogP contribution >= 0.6 is 0 Å². The number of hydrogen-bond donors (Lipinski definition) is 2. The smallest absolute Gasteiger partial charge is 0.124 e. The van der Waals surface area contributed by atoms with E-state index in [1.165, 1.54) is 25.3 Å². The van der Waals surface area contributed by atoms with Crippen LogP contribution in [0.3, 0.4) is 0 Å². The zero-order valence-corrected chi connectivity index (χ0v) is 7.33. The number of rotatable bonds is 3. The Morgan fingerprint density at radius 1 is 1.62 bits per heavy atom. The van der Waals surface area contributed by atoms with Gasteiger partial charge >= 0.3 is 0 Å². The first kappa shape index (κ1) is 9.95. The molecule has 3 N–H and O–H groups in total. The van der Waals surface area contributed by atoms with Crippen molar-refractivity contribution in [1.82, 2.24) is 0 Å². The SMILES string of the molecule is COc1ccc(F)cc1[C@H](O)CN. The van der Waals surface area contributed by atoms with Crippen molar-refractivity contribution in [1.29, 1.82) is 0 Å². The monoisotopic (exact) mass is 185 g/mol. The summed E-state index contributed by atoms with van der Waals surface area (Å²) in [6.45, 7) is 0.0415. The molecule has 0 radical (unpaired) electrons. The molecule has 1 rings (SSSR count). The number of benzene rings is 1. The highest BCUT2D eigenvalue weighted by atomic mass is 19.1. The normalized spacial score (nSPS) is 12.6. The maximum atomic E-state index is 12.8. The third-order valence-corrected chi connectivity index (χ3v) is 1.77. The fourth-order valence-corrected chi connectivity index (χ4v) is 1.09. The van der Waals surface area contributed by atoms with Crippen molar-refractivity contribution >= 4 is 0 Å². The Kier molecular flexibility index (Phi) is 3.22. The molecule has 0 aliphatic carbocycles. The molecule has 0 aromatic heterocycles. The Morgan fingerprint density at radius 3 is 2.85 bits per heavy atom. The first-order valence-electron chi connectivity index (χ1n) is 3.90. The van der Waals surface area contributed by atoms with E-state index in [9.17, 15) is 9.50 Å². The zero-order chi connectivity index (χ0) is 9.84. The third-order valence-electron chi connectivity index (χ3n) is 1.77. The molecule has 72 valence electrons. The summed E-state index contributed by atoms with van der Waals surface area (Å²) in [5.41, 5.74) is 5.63. The molecular weight excluding hydrogens is 173 g/mol. The van der Waals surface area contributed by atoms with Crippen molar-refractivity contribution in [3.63, 3.8) is 0 Å². The second kappa shape index (κ2) is 4.20. The Balaban J connectivity index is 3.07. The van der Waals surface area contributed by atoms with Crippen LogP contribution in [0.5, 0.6) is 5.75 Å². The Bertz CT molecular complexity index is 291. The van der Waals surface area contributed by atoms with E-state index in [-0.39, 0.29) is 6.54 Å². The molecule has 0 unspecified atom stereocenters. The minimum absolute atomic E-state index is 0.0415. The predicted molar refractivity (Wildman–Crippen MR) is 47.0 cm³/mol. The van der Waals surface area contributed by atoms with Crippen LogP contribution in [0.2, 0.25) is 0 Å². The van der Waals surface area contributed by atoms with Gasteiger partial charge in [-0.05, 0) is 18.2 Å². The fraction of sp³-hybridized carbons (Fsp3) is 0.333. The summed E-state index contributed by atoms with van der Waals surface area (Å²) < 4.78 is 17.7. The molecule has 0 saturated heterocycles. The Hall–Kier alpha value is -1.13. The summed E-state index contributed by atoms with van der Waals surface area (Å²) in [5.74, 6) is 0.0302. The van der Waals surface area contributed by atoms with Crippen molar-refractivity contribution in [2.45, 2.75) is 6.10 Å². The summed E-state index contributed by atoms with van der Waals surface area (Å²) in [6, 6.07) is 3.95. The first-order valence-corrected chi connectivity index (χ1v) is 3.90. The van der Waals surface area contributed by atoms with Gasteiger partial charge in [-0.15, -0.1) is 0 Å². The van der Waals surface area contributed by atoms with Gasteiger partial charge in [0.2, 0.25) is 0 Å². The summed E-state index contributed by atoms with van der Waals surface area (Å²) in [4.78, 5) is 0. The van der Waals surface area contributed by atoms with Crippen molar-refractivity contribution in [2.75, 3.05) is 13.7 Å². The highest BCUT2D eigenvalue weighted by Gasteiger charge is 2.12. The Labute approximate surface area is 75.9 Å². The van der Waals surface area contributed by atoms with Crippen LogP contribution in [0.15, 0.2) is 18.2 Å². The number of halogens is 1. The van der Waals surface area contributed by atoms with Gasteiger partial charge in [0, 0.05) is 12.1 Å². The molecule has 0 aliphatic heterocycles. The molecule has 1 aromatic rings.